The van der Waals surface area contributed by atoms with Crippen molar-refractivity contribution in [2.75, 3.05) is 0 Å². The topological polar surface area (TPSA) is 9.23 Å². The Balaban J connectivity index is 1.31. The summed E-state index contributed by atoms with van der Waals surface area (Å²) < 4.78 is 67.0. The normalized spacial score (nSPS) is 26.0. The van der Waals surface area contributed by atoms with Gasteiger partial charge in [-0.25, -0.2) is 0 Å². The van der Waals surface area contributed by atoms with Gasteiger partial charge >= 0.3 is 12.3 Å². The number of rotatable bonds is 12. The summed E-state index contributed by atoms with van der Waals surface area (Å²) in [5, 5.41) is 0. The number of hydrogen-bond acceptors (Lipinski definition) is 1. The van der Waals surface area contributed by atoms with Crippen LogP contribution in [0.25, 0.3) is 0 Å². The minimum Gasteiger partial charge on any atom is -0.426 e. The Labute approximate surface area is 208 Å². The third-order valence-electron chi connectivity index (χ3n) is 8.44. The average molecular weight is 503 g/mol. The lowest BCUT2D eigenvalue weighted by Gasteiger charge is -2.32. The van der Waals surface area contributed by atoms with Crippen LogP contribution >= 0.6 is 0 Å². The van der Waals surface area contributed by atoms with Crippen molar-refractivity contribution in [3.8, 4) is 5.75 Å². The van der Waals surface area contributed by atoms with E-state index < -0.39 is 18.0 Å². The first-order valence-corrected chi connectivity index (χ1v) is 13.9. The lowest BCUT2D eigenvalue weighted by atomic mass is 9.74. The molecule has 1 nitrogen and oxygen atoms in total. The number of hydrogen-bond donors (Lipinski definition) is 0. The minimum atomic E-state index is -5.72. The van der Waals surface area contributed by atoms with Crippen molar-refractivity contribution in [2.24, 2.45) is 17.8 Å². The van der Waals surface area contributed by atoms with Crippen molar-refractivity contribution in [3.63, 3.8) is 0 Å². The van der Waals surface area contributed by atoms with Gasteiger partial charge in [-0.2, -0.15) is 22.0 Å². The summed E-state index contributed by atoms with van der Waals surface area (Å²) in [7, 11) is 0. The van der Waals surface area contributed by atoms with E-state index in [1.54, 1.807) is 12.1 Å². The third-order valence-corrected chi connectivity index (χ3v) is 8.44. The number of alkyl halides is 5. The molecular weight excluding hydrogens is 459 g/mol. The van der Waals surface area contributed by atoms with Crippen LogP contribution in [0.5, 0.6) is 5.75 Å². The van der Waals surface area contributed by atoms with Crippen molar-refractivity contribution >= 4 is 0 Å². The van der Waals surface area contributed by atoms with E-state index in [2.05, 4.69) is 11.7 Å². The van der Waals surface area contributed by atoms with Crippen LogP contribution in [0.15, 0.2) is 24.3 Å². The first-order valence-electron chi connectivity index (χ1n) is 13.9. The number of halogens is 5. The zero-order valence-corrected chi connectivity index (χ0v) is 21.2. The van der Waals surface area contributed by atoms with Gasteiger partial charge in [0.15, 0.2) is 0 Å². The summed E-state index contributed by atoms with van der Waals surface area (Å²) >= 11 is 0. The first kappa shape index (κ1) is 28.2. The first-order chi connectivity index (χ1) is 16.7. The molecule has 0 amide bonds. The fourth-order valence-electron chi connectivity index (χ4n) is 6.12. The molecule has 0 saturated heterocycles. The molecule has 0 spiro atoms. The van der Waals surface area contributed by atoms with Crippen LogP contribution in [0.2, 0.25) is 0 Å². The summed E-state index contributed by atoms with van der Waals surface area (Å²) in [5.74, 6) is 2.49. The number of unbranched alkanes of at least 4 members (excludes halogenated alkanes) is 4. The van der Waals surface area contributed by atoms with E-state index in [0.717, 1.165) is 36.2 Å². The lowest BCUT2D eigenvalue weighted by Crippen LogP contribution is -2.41. The molecule has 200 valence electrons. The number of ether oxygens (including phenoxy) is 1. The van der Waals surface area contributed by atoms with Crippen molar-refractivity contribution in [3.05, 3.63) is 29.8 Å². The zero-order chi connectivity index (χ0) is 25.3. The molecule has 6 heteroatoms. The van der Waals surface area contributed by atoms with Gasteiger partial charge in [-0.15, -0.1) is 0 Å². The molecule has 0 heterocycles. The van der Waals surface area contributed by atoms with E-state index in [9.17, 15) is 22.0 Å². The molecule has 3 rings (SSSR count). The van der Waals surface area contributed by atoms with Crippen LogP contribution in [0.3, 0.4) is 0 Å². The van der Waals surface area contributed by atoms with Crippen LogP contribution in [-0.4, -0.2) is 12.3 Å². The molecule has 2 saturated carbocycles. The van der Waals surface area contributed by atoms with Gasteiger partial charge in [-0.1, -0.05) is 96.1 Å². The molecule has 0 N–H and O–H groups in total. The Bertz CT molecular complexity index is 714. The van der Waals surface area contributed by atoms with E-state index >= 15 is 0 Å². The summed E-state index contributed by atoms with van der Waals surface area (Å²) in [6.07, 6.45) is 10.1. The second-order valence-electron chi connectivity index (χ2n) is 11.1. The Morgan fingerprint density at radius 3 is 1.66 bits per heavy atom. The van der Waals surface area contributed by atoms with Crippen LogP contribution < -0.4 is 4.74 Å². The van der Waals surface area contributed by atoms with Crippen molar-refractivity contribution in [2.45, 2.75) is 128 Å². The van der Waals surface area contributed by atoms with Crippen LogP contribution in [0, 0.1) is 17.8 Å². The predicted molar refractivity (Wildman–Crippen MR) is 131 cm³/mol. The third kappa shape index (κ3) is 8.93. The Kier molecular flexibility index (Phi) is 10.7. The summed E-state index contributed by atoms with van der Waals surface area (Å²) in [4.78, 5) is 0. The molecule has 0 unspecified atom stereocenters. The standard InChI is InChI=1S/C29H43F5O/c1-2-3-4-5-6-7-22-8-10-23(11-9-22)12-13-24-14-16-25(17-15-24)26-18-20-27(21-19-26)35-29(33,34)28(30,31)32/h18-25H,2-17H2,1H3. The van der Waals surface area contributed by atoms with Crippen LogP contribution in [-0.2, 0) is 0 Å². The van der Waals surface area contributed by atoms with E-state index in [-0.39, 0.29) is 0 Å². The smallest absolute Gasteiger partial charge is 0.426 e. The van der Waals surface area contributed by atoms with Crippen molar-refractivity contribution in [1.29, 1.82) is 0 Å². The molecule has 1 aromatic carbocycles. The van der Waals surface area contributed by atoms with E-state index in [0.29, 0.717) is 5.92 Å². The summed E-state index contributed by atoms with van der Waals surface area (Å²) in [6, 6.07) is 5.72. The highest BCUT2D eigenvalue weighted by atomic mass is 19.4. The average Bonchev–Trinajstić information content (AvgIpc) is 2.83. The lowest BCUT2D eigenvalue weighted by molar-refractivity contribution is -0.360. The summed E-state index contributed by atoms with van der Waals surface area (Å²) in [5.41, 5.74) is 0.999. The van der Waals surface area contributed by atoms with Gasteiger partial charge in [0.05, 0.1) is 0 Å². The molecular formula is C29H43F5O. The maximum Gasteiger partial charge on any atom is 0.499 e. The molecule has 0 radical (unpaired) electrons. The number of benzene rings is 1. The second-order valence-corrected chi connectivity index (χ2v) is 11.1. The fourth-order valence-corrected chi connectivity index (χ4v) is 6.12. The van der Waals surface area contributed by atoms with Gasteiger partial charge < -0.3 is 4.74 Å². The Morgan fingerprint density at radius 2 is 1.14 bits per heavy atom. The maximum atomic E-state index is 13.1. The van der Waals surface area contributed by atoms with Gasteiger partial charge in [0, 0.05) is 0 Å². The molecule has 2 fully saturated rings. The molecule has 0 atom stereocenters. The van der Waals surface area contributed by atoms with E-state index in [1.165, 1.54) is 102 Å². The van der Waals surface area contributed by atoms with Crippen LogP contribution in [0.1, 0.15) is 121 Å². The molecule has 35 heavy (non-hydrogen) atoms. The molecule has 0 aliphatic heterocycles. The summed E-state index contributed by atoms with van der Waals surface area (Å²) in [6.45, 7) is 2.27. The quantitative estimate of drug-likeness (QED) is 0.204. The monoisotopic (exact) mass is 502 g/mol. The maximum absolute atomic E-state index is 13.1. The SMILES string of the molecule is CCCCCCCC1CCC(CCC2CCC(c3ccc(OC(F)(F)C(F)(F)F)cc3)CC2)CC1. The van der Waals surface area contributed by atoms with Crippen LogP contribution in [0.4, 0.5) is 22.0 Å². The highest BCUT2D eigenvalue weighted by Gasteiger charge is 2.61. The fraction of sp³-hybridized carbons (Fsp3) is 0.793. The molecule has 2 aliphatic rings. The highest BCUT2D eigenvalue weighted by molar-refractivity contribution is 5.30. The zero-order valence-electron chi connectivity index (χ0n) is 21.2. The largest absolute Gasteiger partial charge is 0.499 e. The van der Waals surface area contributed by atoms with E-state index in [4.69, 9.17) is 0 Å². The van der Waals surface area contributed by atoms with Gasteiger partial charge in [0.2, 0.25) is 0 Å². The Hall–Kier alpha value is -1.33. The van der Waals surface area contributed by atoms with Crippen molar-refractivity contribution < 1.29 is 26.7 Å². The van der Waals surface area contributed by atoms with Gasteiger partial charge in [-0.3, -0.25) is 0 Å². The van der Waals surface area contributed by atoms with Crippen molar-refractivity contribution in [1.82, 2.24) is 0 Å². The Morgan fingerprint density at radius 1 is 0.657 bits per heavy atom. The molecule has 0 aromatic heterocycles. The van der Waals surface area contributed by atoms with E-state index in [1.807, 2.05) is 0 Å². The molecule has 0 bridgehead atoms. The minimum absolute atomic E-state index is 0.344. The highest BCUT2D eigenvalue weighted by Crippen LogP contribution is 2.41. The molecule has 1 aromatic rings. The second kappa shape index (κ2) is 13.3. The van der Waals surface area contributed by atoms with Gasteiger partial charge in [-0.05, 0) is 67.1 Å². The predicted octanol–water partition coefficient (Wildman–Crippen LogP) is 10.4. The van der Waals surface area contributed by atoms with Gasteiger partial charge in [0.25, 0.3) is 0 Å². The molecule has 2 aliphatic carbocycles. The van der Waals surface area contributed by atoms with Gasteiger partial charge in [0.1, 0.15) is 5.75 Å².